The fourth-order valence-electron chi connectivity index (χ4n) is 2.97. The number of ether oxygens (including phenoxy) is 1. The van der Waals surface area contributed by atoms with Crippen LogP contribution in [0.2, 0.25) is 0 Å². The van der Waals surface area contributed by atoms with Crippen LogP contribution >= 0.6 is 12.2 Å². The third-order valence-electron chi connectivity index (χ3n) is 4.19. The molecule has 3 N–H and O–H groups in total. The van der Waals surface area contributed by atoms with Crippen LogP contribution in [0.15, 0.2) is 12.1 Å². The maximum atomic E-state index is 13.8. The summed E-state index contributed by atoms with van der Waals surface area (Å²) in [4.78, 5) is 31.5. The number of halogens is 1. The van der Waals surface area contributed by atoms with Gasteiger partial charge in [-0.3, -0.25) is 4.79 Å². The molecule has 1 saturated heterocycles. The Morgan fingerprint density at radius 2 is 2.08 bits per heavy atom. The molecule has 1 aliphatic heterocycles. The van der Waals surface area contributed by atoms with Crippen LogP contribution in [0.25, 0.3) is 11.0 Å². The minimum Gasteiger partial charge on any atom is -0.450 e. The van der Waals surface area contributed by atoms with E-state index in [1.165, 1.54) is 12.1 Å². The van der Waals surface area contributed by atoms with Crippen LogP contribution in [-0.2, 0) is 4.74 Å². The highest BCUT2D eigenvalue weighted by atomic mass is 32.1. The number of piperidine rings is 1. The Labute approximate surface area is 148 Å². The summed E-state index contributed by atoms with van der Waals surface area (Å²) < 4.78 is 19.1. The SMILES string of the molecule is CCOC(=O)N1CCC(NC(=O)c2cc(F)cc3[nH]c(=S)[nH]c23)CC1. The number of hydrogen-bond donors (Lipinski definition) is 3. The van der Waals surface area contributed by atoms with Crippen molar-refractivity contribution >= 4 is 35.3 Å². The topological polar surface area (TPSA) is 90.2 Å². The van der Waals surface area contributed by atoms with E-state index < -0.39 is 5.82 Å². The molecule has 0 aliphatic carbocycles. The predicted octanol–water partition coefficient (Wildman–Crippen LogP) is 2.72. The van der Waals surface area contributed by atoms with Crippen LogP contribution in [0.4, 0.5) is 9.18 Å². The molecular weight excluding hydrogens is 347 g/mol. The van der Waals surface area contributed by atoms with Crippen LogP contribution < -0.4 is 5.32 Å². The van der Waals surface area contributed by atoms with Gasteiger partial charge in [0.15, 0.2) is 4.77 Å². The molecule has 1 aliphatic rings. The number of nitrogens with zero attached hydrogens (tertiary/aromatic N) is 1. The first-order valence-corrected chi connectivity index (χ1v) is 8.53. The van der Waals surface area contributed by atoms with E-state index in [1.807, 2.05) is 0 Å². The second-order valence-electron chi connectivity index (χ2n) is 5.89. The lowest BCUT2D eigenvalue weighted by Crippen LogP contribution is -2.46. The number of imidazole rings is 1. The van der Waals surface area contributed by atoms with E-state index in [2.05, 4.69) is 15.3 Å². The van der Waals surface area contributed by atoms with Crippen molar-refractivity contribution in [2.75, 3.05) is 19.7 Å². The van der Waals surface area contributed by atoms with Gasteiger partial charge in [0.1, 0.15) is 5.82 Å². The molecule has 2 amide bonds. The largest absolute Gasteiger partial charge is 0.450 e. The number of benzene rings is 1. The summed E-state index contributed by atoms with van der Waals surface area (Å²) in [5.41, 5.74) is 1.13. The molecule has 2 aromatic rings. The van der Waals surface area contributed by atoms with Crippen molar-refractivity contribution in [3.63, 3.8) is 0 Å². The smallest absolute Gasteiger partial charge is 0.409 e. The van der Waals surface area contributed by atoms with Crippen molar-refractivity contribution in [3.05, 3.63) is 28.3 Å². The van der Waals surface area contributed by atoms with Crippen LogP contribution in [0.1, 0.15) is 30.1 Å². The molecule has 0 spiro atoms. The van der Waals surface area contributed by atoms with Gasteiger partial charge in [-0.25, -0.2) is 9.18 Å². The summed E-state index contributed by atoms with van der Waals surface area (Å²) >= 11 is 5.01. The minimum absolute atomic E-state index is 0.0848. The molecule has 134 valence electrons. The number of fused-ring (bicyclic) bond motifs is 1. The van der Waals surface area contributed by atoms with Crippen molar-refractivity contribution in [1.29, 1.82) is 0 Å². The number of amides is 2. The molecule has 2 heterocycles. The lowest BCUT2D eigenvalue weighted by atomic mass is 10.0. The second-order valence-corrected chi connectivity index (χ2v) is 6.30. The summed E-state index contributed by atoms with van der Waals surface area (Å²) in [7, 11) is 0. The van der Waals surface area contributed by atoms with Gasteiger partial charge in [-0.1, -0.05) is 0 Å². The Morgan fingerprint density at radius 3 is 2.76 bits per heavy atom. The van der Waals surface area contributed by atoms with Crippen molar-refractivity contribution in [2.24, 2.45) is 0 Å². The minimum atomic E-state index is -0.514. The summed E-state index contributed by atoms with van der Waals surface area (Å²) in [5.74, 6) is -0.885. The number of carbonyl (C=O) groups is 2. The van der Waals surface area contributed by atoms with E-state index in [9.17, 15) is 14.0 Å². The molecule has 1 fully saturated rings. The van der Waals surface area contributed by atoms with E-state index in [0.29, 0.717) is 48.3 Å². The van der Waals surface area contributed by atoms with Crippen molar-refractivity contribution in [2.45, 2.75) is 25.8 Å². The van der Waals surface area contributed by atoms with Gasteiger partial charge in [0, 0.05) is 19.1 Å². The third-order valence-corrected chi connectivity index (χ3v) is 4.39. The number of nitrogens with one attached hydrogen (secondary N) is 3. The van der Waals surface area contributed by atoms with Gasteiger partial charge >= 0.3 is 6.09 Å². The molecule has 0 unspecified atom stereocenters. The summed E-state index contributed by atoms with van der Waals surface area (Å²) in [6.45, 7) is 3.11. The van der Waals surface area contributed by atoms with Gasteiger partial charge in [-0.15, -0.1) is 0 Å². The first-order valence-electron chi connectivity index (χ1n) is 8.12. The molecule has 0 saturated carbocycles. The number of carbonyl (C=O) groups excluding carboxylic acids is 2. The highest BCUT2D eigenvalue weighted by molar-refractivity contribution is 7.71. The van der Waals surface area contributed by atoms with Gasteiger partial charge in [0.2, 0.25) is 0 Å². The van der Waals surface area contributed by atoms with Crippen molar-refractivity contribution < 1.29 is 18.7 Å². The van der Waals surface area contributed by atoms with E-state index >= 15 is 0 Å². The zero-order valence-electron chi connectivity index (χ0n) is 13.7. The summed E-state index contributed by atoms with van der Waals surface area (Å²) in [5, 5.41) is 2.90. The van der Waals surface area contributed by atoms with Crippen LogP contribution in [0.3, 0.4) is 0 Å². The fraction of sp³-hybridized carbons (Fsp3) is 0.438. The molecule has 7 nitrogen and oxygen atoms in total. The first-order chi connectivity index (χ1) is 12.0. The molecule has 0 bridgehead atoms. The number of aromatic amines is 2. The maximum absolute atomic E-state index is 13.8. The van der Waals surface area contributed by atoms with Gasteiger partial charge in [0.05, 0.1) is 23.2 Å². The number of hydrogen-bond acceptors (Lipinski definition) is 4. The molecule has 1 aromatic heterocycles. The maximum Gasteiger partial charge on any atom is 0.409 e. The Bertz CT molecular complexity index is 855. The molecular formula is C16H19FN4O3S. The highest BCUT2D eigenvalue weighted by Gasteiger charge is 2.25. The van der Waals surface area contributed by atoms with E-state index in [1.54, 1.807) is 11.8 Å². The third kappa shape index (κ3) is 3.81. The normalized spacial score (nSPS) is 15.4. The van der Waals surface area contributed by atoms with Gasteiger partial charge in [-0.05, 0) is 44.1 Å². The Hall–Kier alpha value is -2.42. The van der Waals surface area contributed by atoms with Crippen LogP contribution in [0, 0.1) is 10.6 Å². The van der Waals surface area contributed by atoms with Gasteiger partial charge in [0.25, 0.3) is 5.91 Å². The van der Waals surface area contributed by atoms with Gasteiger partial charge < -0.3 is 24.9 Å². The Morgan fingerprint density at radius 1 is 1.36 bits per heavy atom. The Kier molecular flexibility index (Phi) is 5.03. The molecule has 25 heavy (non-hydrogen) atoms. The molecule has 9 heteroatoms. The average molecular weight is 366 g/mol. The fourth-order valence-corrected chi connectivity index (χ4v) is 3.18. The zero-order valence-corrected chi connectivity index (χ0v) is 14.5. The van der Waals surface area contributed by atoms with Crippen molar-refractivity contribution in [3.8, 4) is 0 Å². The second kappa shape index (κ2) is 7.22. The standard InChI is InChI=1S/C16H19FN4O3S/c1-2-24-16(23)21-5-3-10(4-6-21)18-14(22)11-7-9(17)8-12-13(11)20-15(25)19-12/h7-8,10H,2-6H2,1H3,(H,18,22)(H2,19,20,25). The number of H-pyrrole nitrogens is 2. The Balaban J connectivity index is 1.68. The molecule has 3 rings (SSSR count). The quantitative estimate of drug-likeness (QED) is 0.729. The molecule has 1 aromatic carbocycles. The first kappa shape index (κ1) is 17.4. The number of aromatic nitrogens is 2. The van der Waals surface area contributed by atoms with Crippen molar-refractivity contribution in [1.82, 2.24) is 20.2 Å². The molecule has 0 atom stereocenters. The van der Waals surface area contributed by atoms with E-state index in [0.717, 1.165) is 0 Å². The van der Waals surface area contributed by atoms with E-state index in [-0.39, 0.29) is 23.6 Å². The van der Waals surface area contributed by atoms with Gasteiger partial charge in [-0.2, -0.15) is 0 Å². The lowest BCUT2D eigenvalue weighted by molar-refractivity contribution is 0.0860. The summed E-state index contributed by atoms with van der Waals surface area (Å²) in [6, 6.07) is 2.39. The lowest BCUT2D eigenvalue weighted by Gasteiger charge is -2.31. The predicted molar refractivity (Wildman–Crippen MR) is 92.5 cm³/mol. The zero-order chi connectivity index (χ0) is 18.0. The van der Waals surface area contributed by atoms with Crippen LogP contribution in [-0.4, -0.2) is 52.6 Å². The number of likely N-dealkylation sites (tertiary alicyclic amines) is 1. The molecule has 0 radical (unpaired) electrons. The summed E-state index contributed by atoms with van der Waals surface area (Å²) in [6.07, 6.45) is 0.900. The van der Waals surface area contributed by atoms with E-state index in [4.69, 9.17) is 17.0 Å². The highest BCUT2D eigenvalue weighted by Crippen LogP contribution is 2.19. The number of rotatable bonds is 3. The van der Waals surface area contributed by atoms with Crippen LogP contribution in [0.5, 0.6) is 0 Å². The monoisotopic (exact) mass is 366 g/mol. The average Bonchev–Trinajstić information content (AvgIpc) is 2.94.